The number of benzene rings is 1. The standard InChI is InChI=1S/C19H15N5O4S/c1-28-12-3-2-10-7-24(16(25)13(10)5-12)8-19(17(26)22-18(27)23-19)14-4-11-6-20-9-21-15(11)29-14/h2-7,9,25H,8H2,1H3,(H2,22,23,26,27)/t19-/m0/s1. The topological polar surface area (TPSA) is 118 Å². The number of nitrogens with one attached hydrogen (secondary N) is 2. The summed E-state index contributed by atoms with van der Waals surface area (Å²) in [6.07, 6.45) is 4.82. The number of imide groups is 1. The predicted octanol–water partition coefficient (Wildman–Crippen LogP) is 2.10. The zero-order chi connectivity index (χ0) is 20.2. The molecule has 1 aromatic carbocycles. The van der Waals surface area contributed by atoms with E-state index in [1.54, 1.807) is 42.3 Å². The van der Waals surface area contributed by atoms with Crippen molar-refractivity contribution in [3.63, 3.8) is 0 Å². The lowest BCUT2D eigenvalue weighted by molar-refractivity contribution is -0.124. The molecule has 0 radical (unpaired) electrons. The summed E-state index contributed by atoms with van der Waals surface area (Å²) in [5.74, 6) is 0.0973. The molecule has 1 saturated heterocycles. The molecular weight excluding hydrogens is 394 g/mol. The summed E-state index contributed by atoms with van der Waals surface area (Å²) in [6.45, 7) is 0.00759. The molecule has 29 heavy (non-hydrogen) atoms. The molecule has 0 unspecified atom stereocenters. The molecule has 3 amide bonds. The lowest BCUT2D eigenvalue weighted by Gasteiger charge is -2.25. The van der Waals surface area contributed by atoms with Gasteiger partial charge < -0.3 is 19.7 Å². The van der Waals surface area contributed by atoms with Crippen molar-refractivity contribution in [3.8, 4) is 11.6 Å². The fraction of sp³-hybridized carbons (Fsp3) is 0.158. The number of hydrogen-bond donors (Lipinski definition) is 3. The summed E-state index contributed by atoms with van der Waals surface area (Å²) in [5.41, 5.74) is -1.38. The molecule has 1 aliphatic heterocycles. The molecular formula is C19H15N5O4S. The average molecular weight is 409 g/mol. The molecule has 1 fully saturated rings. The minimum atomic E-state index is -1.38. The molecule has 4 aromatic rings. The van der Waals surface area contributed by atoms with Crippen molar-refractivity contribution in [1.82, 2.24) is 25.2 Å². The van der Waals surface area contributed by atoms with E-state index >= 15 is 0 Å². The third-order valence-electron chi connectivity index (χ3n) is 5.03. The van der Waals surface area contributed by atoms with Crippen molar-refractivity contribution in [3.05, 3.63) is 47.9 Å². The maximum atomic E-state index is 12.9. The van der Waals surface area contributed by atoms with Crippen LogP contribution in [-0.2, 0) is 16.9 Å². The average Bonchev–Trinajstić information content (AvgIpc) is 3.36. The highest BCUT2D eigenvalue weighted by molar-refractivity contribution is 7.18. The minimum Gasteiger partial charge on any atom is -0.497 e. The maximum absolute atomic E-state index is 12.9. The molecule has 10 heteroatoms. The van der Waals surface area contributed by atoms with Crippen molar-refractivity contribution in [1.29, 1.82) is 0 Å². The first-order valence-corrected chi connectivity index (χ1v) is 9.51. The van der Waals surface area contributed by atoms with Crippen molar-refractivity contribution in [2.75, 3.05) is 7.11 Å². The SMILES string of the molecule is COc1ccc2cn(C[C@@]3(c4cc5cncnc5s4)NC(=O)NC3=O)c(O)c2c1. The number of rotatable bonds is 4. The van der Waals surface area contributed by atoms with Gasteiger partial charge in [-0.15, -0.1) is 11.3 Å². The third kappa shape index (κ3) is 2.60. The quantitative estimate of drug-likeness (QED) is 0.444. The molecule has 1 atom stereocenters. The van der Waals surface area contributed by atoms with Crippen LogP contribution in [0.15, 0.2) is 43.0 Å². The van der Waals surface area contributed by atoms with Gasteiger partial charge in [-0.1, -0.05) is 0 Å². The van der Waals surface area contributed by atoms with Crippen molar-refractivity contribution in [2.45, 2.75) is 12.1 Å². The number of aromatic nitrogens is 3. The van der Waals surface area contributed by atoms with E-state index < -0.39 is 17.5 Å². The number of methoxy groups -OCH3 is 1. The Hall–Kier alpha value is -3.66. The molecule has 5 rings (SSSR count). The number of hydrogen-bond acceptors (Lipinski definition) is 7. The Morgan fingerprint density at radius 1 is 1.28 bits per heavy atom. The molecule has 3 N–H and O–H groups in total. The number of ether oxygens (including phenoxy) is 1. The van der Waals surface area contributed by atoms with E-state index in [-0.39, 0.29) is 12.4 Å². The summed E-state index contributed by atoms with van der Waals surface area (Å²) < 4.78 is 6.77. The summed E-state index contributed by atoms with van der Waals surface area (Å²) in [4.78, 5) is 34.4. The van der Waals surface area contributed by atoms with E-state index in [1.807, 2.05) is 6.07 Å². The Bertz CT molecular complexity index is 1260. The number of thiophene rings is 1. The highest BCUT2D eigenvalue weighted by Gasteiger charge is 2.49. The molecule has 1 aliphatic rings. The van der Waals surface area contributed by atoms with Crippen LogP contribution in [0.3, 0.4) is 0 Å². The van der Waals surface area contributed by atoms with Gasteiger partial charge in [-0.2, -0.15) is 0 Å². The number of nitrogens with zero attached hydrogens (tertiary/aromatic N) is 3. The fourth-order valence-electron chi connectivity index (χ4n) is 3.58. The van der Waals surface area contributed by atoms with Gasteiger partial charge >= 0.3 is 6.03 Å². The van der Waals surface area contributed by atoms with Crippen molar-refractivity contribution >= 4 is 44.3 Å². The number of fused-ring (bicyclic) bond motifs is 2. The maximum Gasteiger partial charge on any atom is 0.322 e. The third-order valence-corrected chi connectivity index (χ3v) is 6.25. The molecule has 0 spiro atoms. The lowest BCUT2D eigenvalue weighted by atomic mass is 9.97. The number of carbonyl (C=O) groups excluding carboxylic acids is 2. The zero-order valence-electron chi connectivity index (χ0n) is 15.2. The Morgan fingerprint density at radius 3 is 2.86 bits per heavy atom. The lowest BCUT2D eigenvalue weighted by Crippen LogP contribution is -2.46. The van der Waals surface area contributed by atoms with Crippen LogP contribution in [0.25, 0.3) is 21.0 Å². The van der Waals surface area contributed by atoms with Gasteiger partial charge in [-0.25, -0.2) is 14.8 Å². The molecule has 4 heterocycles. The molecule has 0 bridgehead atoms. The first kappa shape index (κ1) is 17.4. The zero-order valence-corrected chi connectivity index (χ0v) is 16.0. The van der Waals surface area contributed by atoms with E-state index in [2.05, 4.69) is 20.6 Å². The summed E-state index contributed by atoms with van der Waals surface area (Å²) in [7, 11) is 1.55. The van der Waals surface area contributed by atoms with Gasteiger partial charge in [0.25, 0.3) is 5.91 Å². The normalized spacial score (nSPS) is 18.9. The van der Waals surface area contributed by atoms with E-state index in [4.69, 9.17) is 4.74 Å². The second-order valence-corrected chi connectivity index (χ2v) is 7.77. The van der Waals surface area contributed by atoms with E-state index in [0.29, 0.717) is 20.8 Å². The highest BCUT2D eigenvalue weighted by atomic mass is 32.1. The second-order valence-electron chi connectivity index (χ2n) is 6.74. The Balaban J connectivity index is 1.65. The minimum absolute atomic E-state index is 0.00759. The van der Waals surface area contributed by atoms with Crippen LogP contribution in [0.5, 0.6) is 11.6 Å². The first-order chi connectivity index (χ1) is 14.0. The molecule has 146 valence electrons. The molecule has 9 nitrogen and oxygen atoms in total. The van der Waals surface area contributed by atoms with Gasteiger partial charge in [0.2, 0.25) is 0 Å². The molecule has 3 aromatic heterocycles. The number of urea groups is 1. The second kappa shape index (κ2) is 6.17. The van der Waals surface area contributed by atoms with Gasteiger partial charge in [0.15, 0.2) is 11.4 Å². The van der Waals surface area contributed by atoms with Crippen LogP contribution in [-0.4, -0.2) is 38.7 Å². The number of carbonyl (C=O) groups is 2. The Labute approximate surface area is 168 Å². The smallest absolute Gasteiger partial charge is 0.322 e. The van der Waals surface area contributed by atoms with Crippen LogP contribution in [0.2, 0.25) is 0 Å². The molecule has 0 aliphatic carbocycles. The predicted molar refractivity (Wildman–Crippen MR) is 106 cm³/mol. The highest BCUT2D eigenvalue weighted by Crippen LogP contribution is 2.38. The fourth-order valence-corrected chi connectivity index (χ4v) is 4.69. The Kier molecular flexibility index (Phi) is 3.71. The first-order valence-electron chi connectivity index (χ1n) is 8.70. The summed E-state index contributed by atoms with van der Waals surface area (Å²) >= 11 is 1.30. The monoisotopic (exact) mass is 409 g/mol. The van der Waals surface area contributed by atoms with Crippen LogP contribution >= 0.6 is 11.3 Å². The van der Waals surface area contributed by atoms with Gasteiger partial charge in [0, 0.05) is 33.4 Å². The number of amides is 3. The van der Waals surface area contributed by atoms with Crippen molar-refractivity contribution < 1.29 is 19.4 Å². The summed E-state index contributed by atoms with van der Waals surface area (Å²) in [6, 6.07) is 6.53. The van der Waals surface area contributed by atoms with Crippen LogP contribution in [0.1, 0.15) is 4.88 Å². The summed E-state index contributed by atoms with van der Waals surface area (Å²) in [5, 5.41) is 18.0. The van der Waals surface area contributed by atoms with Crippen molar-refractivity contribution in [2.24, 2.45) is 0 Å². The van der Waals surface area contributed by atoms with Gasteiger partial charge in [-0.05, 0) is 24.3 Å². The van der Waals surface area contributed by atoms with E-state index in [1.165, 1.54) is 17.7 Å². The number of aromatic hydroxyl groups is 1. The van der Waals surface area contributed by atoms with Crippen LogP contribution in [0, 0.1) is 0 Å². The van der Waals surface area contributed by atoms with E-state index in [0.717, 1.165) is 10.8 Å². The van der Waals surface area contributed by atoms with Gasteiger partial charge in [0.05, 0.1) is 13.7 Å². The van der Waals surface area contributed by atoms with Gasteiger partial charge in [-0.3, -0.25) is 10.1 Å². The Morgan fingerprint density at radius 2 is 2.14 bits per heavy atom. The van der Waals surface area contributed by atoms with Gasteiger partial charge in [0.1, 0.15) is 16.9 Å². The van der Waals surface area contributed by atoms with E-state index in [9.17, 15) is 14.7 Å². The van der Waals surface area contributed by atoms with Crippen LogP contribution < -0.4 is 15.4 Å². The van der Waals surface area contributed by atoms with Crippen LogP contribution in [0.4, 0.5) is 4.79 Å². The largest absolute Gasteiger partial charge is 0.497 e. The molecule has 0 saturated carbocycles.